The van der Waals surface area contributed by atoms with Crippen LogP contribution in [0.5, 0.6) is 0 Å². The number of hydrogen-bond donors (Lipinski definition) is 0. The zero-order valence-corrected chi connectivity index (χ0v) is 9.96. The highest BCUT2D eigenvalue weighted by Gasteiger charge is 2.04. The van der Waals surface area contributed by atoms with Gasteiger partial charge in [0.1, 0.15) is 23.0 Å². The van der Waals surface area contributed by atoms with Crippen molar-refractivity contribution in [3.63, 3.8) is 0 Å². The molecule has 0 amide bonds. The van der Waals surface area contributed by atoms with Gasteiger partial charge in [-0.3, -0.25) is 0 Å². The summed E-state index contributed by atoms with van der Waals surface area (Å²) in [7, 11) is 0. The lowest BCUT2D eigenvalue weighted by Gasteiger charge is -2.09. The standard InChI is InChI=1S/C8H18NO2S2/c1-3-12(10)7-5-9-6-8-13(11)4-2/h3-8H2,1-2H3. The van der Waals surface area contributed by atoms with Crippen LogP contribution >= 0.6 is 0 Å². The third kappa shape index (κ3) is 8.90. The Morgan fingerprint density at radius 2 is 1.31 bits per heavy atom. The second-order valence-electron chi connectivity index (χ2n) is 2.54. The molecule has 2 atom stereocenters. The number of hydrogen-bond acceptors (Lipinski definition) is 2. The lowest BCUT2D eigenvalue weighted by molar-refractivity contribution is 0.586. The quantitative estimate of drug-likeness (QED) is 0.434. The van der Waals surface area contributed by atoms with Crippen molar-refractivity contribution in [2.45, 2.75) is 13.8 Å². The Morgan fingerprint density at radius 3 is 1.62 bits per heavy atom. The minimum absolute atomic E-state index is 0.640. The van der Waals surface area contributed by atoms with Crippen molar-refractivity contribution < 1.29 is 9.11 Å². The highest BCUT2D eigenvalue weighted by molar-refractivity contribution is 7.91. The summed E-state index contributed by atoms with van der Waals surface area (Å²) in [4.78, 5) is 0. The van der Waals surface area contributed by atoms with Gasteiger partial charge in [-0.1, -0.05) is 22.4 Å². The SMILES string of the molecule is CC[S+]([O-])CC[N]CC[S+]([O-])CC. The fraction of sp³-hybridized carbons (Fsp3) is 1.00. The van der Waals surface area contributed by atoms with Gasteiger partial charge in [-0.15, -0.1) is 0 Å². The van der Waals surface area contributed by atoms with Gasteiger partial charge in [-0.05, 0) is 13.8 Å². The second-order valence-corrected chi connectivity index (χ2v) is 6.27. The van der Waals surface area contributed by atoms with E-state index in [1.807, 2.05) is 13.8 Å². The van der Waals surface area contributed by atoms with Crippen LogP contribution in [-0.2, 0) is 22.4 Å². The average Bonchev–Trinajstić information content (AvgIpc) is 2.16. The molecule has 0 aliphatic heterocycles. The molecule has 13 heavy (non-hydrogen) atoms. The fourth-order valence-corrected chi connectivity index (χ4v) is 1.98. The van der Waals surface area contributed by atoms with Crippen LogP contribution in [-0.4, -0.2) is 45.2 Å². The fourth-order valence-electron chi connectivity index (χ4n) is 0.733. The van der Waals surface area contributed by atoms with E-state index in [9.17, 15) is 9.11 Å². The average molecular weight is 224 g/mol. The van der Waals surface area contributed by atoms with E-state index >= 15 is 0 Å². The molecule has 1 radical (unpaired) electrons. The van der Waals surface area contributed by atoms with Crippen LogP contribution in [0.25, 0.3) is 0 Å². The lowest BCUT2D eigenvalue weighted by atomic mass is 10.7. The first kappa shape index (κ1) is 13.6. The van der Waals surface area contributed by atoms with E-state index in [1.54, 1.807) is 0 Å². The monoisotopic (exact) mass is 224 g/mol. The van der Waals surface area contributed by atoms with Crippen LogP contribution < -0.4 is 5.32 Å². The number of nitrogens with zero attached hydrogens (tertiary/aromatic N) is 1. The maximum atomic E-state index is 11.0. The molecule has 2 unspecified atom stereocenters. The lowest BCUT2D eigenvalue weighted by Crippen LogP contribution is -2.24. The summed E-state index contributed by atoms with van der Waals surface area (Å²) >= 11 is -1.43. The summed E-state index contributed by atoms with van der Waals surface area (Å²) in [6.07, 6.45) is 0. The summed E-state index contributed by atoms with van der Waals surface area (Å²) in [5.74, 6) is 2.71. The van der Waals surface area contributed by atoms with E-state index in [4.69, 9.17) is 0 Å². The van der Waals surface area contributed by atoms with Gasteiger partial charge in [-0.25, -0.2) is 5.32 Å². The van der Waals surface area contributed by atoms with E-state index in [1.165, 1.54) is 0 Å². The molecule has 0 aliphatic carbocycles. The third-order valence-corrected chi connectivity index (χ3v) is 4.16. The Hall–Kier alpha value is 0.580. The molecule has 0 rings (SSSR count). The highest BCUT2D eigenvalue weighted by Crippen LogP contribution is 1.89. The molecule has 0 spiro atoms. The van der Waals surface area contributed by atoms with Gasteiger partial charge < -0.3 is 9.11 Å². The highest BCUT2D eigenvalue weighted by atomic mass is 32.2. The zero-order valence-electron chi connectivity index (χ0n) is 8.32. The Bertz CT molecular complexity index is 104. The molecule has 0 aromatic carbocycles. The molecule has 0 saturated carbocycles. The van der Waals surface area contributed by atoms with Gasteiger partial charge in [0.25, 0.3) is 0 Å². The molecule has 0 fully saturated rings. The van der Waals surface area contributed by atoms with Gasteiger partial charge in [0.2, 0.25) is 0 Å². The van der Waals surface area contributed by atoms with Gasteiger partial charge in [0.05, 0.1) is 13.1 Å². The zero-order chi connectivity index (χ0) is 10.1. The van der Waals surface area contributed by atoms with Gasteiger partial charge >= 0.3 is 0 Å². The summed E-state index contributed by atoms with van der Waals surface area (Å²) in [5, 5.41) is 4.16. The maximum absolute atomic E-state index is 11.0. The maximum Gasteiger partial charge on any atom is 0.119 e. The first-order chi connectivity index (χ1) is 6.20. The van der Waals surface area contributed by atoms with E-state index in [2.05, 4.69) is 5.32 Å². The molecule has 0 aromatic rings. The predicted molar refractivity (Wildman–Crippen MR) is 59.0 cm³/mol. The van der Waals surface area contributed by atoms with Crippen LogP contribution in [0.1, 0.15) is 13.8 Å². The first-order valence-electron chi connectivity index (χ1n) is 4.53. The van der Waals surface area contributed by atoms with E-state index in [0.717, 1.165) is 0 Å². The molecule has 5 heteroatoms. The Balaban J connectivity index is 3.08. The Labute approximate surface area is 87.0 Å². The summed E-state index contributed by atoms with van der Waals surface area (Å²) in [6.45, 7) is 5.09. The Morgan fingerprint density at radius 1 is 0.923 bits per heavy atom. The van der Waals surface area contributed by atoms with E-state index < -0.39 is 22.4 Å². The minimum Gasteiger partial charge on any atom is -0.616 e. The molecule has 0 heterocycles. The molecule has 0 bridgehead atoms. The van der Waals surface area contributed by atoms with Crippen LogP contribution in [0, 0.1) is 0 Å². The second kappa shape index (κ2) is 9.15. The molecule has 0 N–H and O–H groups in total. The van der Waals surface area contributed by atoms with Gasteiger partial charge in [0.15, 0.2) is 0 Å². The Kier molecular flexibility index (Phi) is 9.56. The van der Waals surface area contributed by atoms with Crippen molar-refractivity contribution in [1.29, 1.82) is 0 Å². The van der Waals surface area contributed by atoms with Gasteiger partial charge in [-0.2, -0.15) is 0 Å². The van der Waals surface area contributed by atoms with Gasteiger partial charge in [0, 0.05) is 0 Å². The number of rotatable bonds is 8. The molecule has 0 saturated heterocycles. The van der Waals surface area contributed by atoms with Crippen LogP contribution in [0.15, 0.2) is 0 Å². The molecular weight excluding hydrogens is 206 g/mol. The summed E-state index contributed by atoms with van der Waals surface area (Å²) in [6, 6.07) is 0. The molecule has 0 aromatic heterocycles. The van der Waals surface area contributed by atoms with Crippen molar-refractivity contribution in [1.82, 2.24) is 5.32 Å². The van der Waals surface area contributed by atoms with Crippen LogP contribution in [0.4, 0.5) is 0 Å². The summed E-state index contributed by atoms with van der Waals surface area (Å²) in [5.41, 5.74) is 0. The van der Waals surface area contributed by atoms with Crippen molar-refractivity contribution in [2.24, 2.45) is 0 Å². The molecular formula is C8H18NO2S2. The van der Waals surface area contributed by atoms with Crippen molar-refractivity contribution in [3.05, 3.63) is 0 Å². The molecule has 79 valence electrons. The van der Waals surface area contributed by atoms with Crippen LogP contribution in [0.3, 0.4) is 0 Å². The third-order valence-electron chi connectivity index (χ3n) is 1.60. The predicted octanol–water partition coefficient (Wildman–Crippen LogP) is 0.128. The minimum atomic E-state index is -0.713. The van der Waals surface area contributed by atoms with Crippen molar-refractivity contribution in [3.8, 4) is 0 Å². The van der Waals surface area contributed by atoms with Crippen molar-refractivity contribution in [2.75, 3.05) is 36.1 Å². The van der Waals surface area contributed by atoms with E-state index in [0.29, 0.717) is 36.1 Å². The molecule has 3 nitrogen and oxygen atoms in total. The topological polar surface area (TPSA) is 60.2 Å². The smallest absolute Gasteiger partial charge is 0.119 e. The summed E-state index contributed by atoms with van der Waals surface area (Å²) < 4.78 is 21.9. The first-order valence-corrected chi connectivity index (χ1v) is 7.51. The van der Waals surface area contributed by atoms with Crippen molar-refractivity contribution >= 4 is 22.4 Å². The van der Waals surface area contributed by atoms with E-state index in [-0.39, 0.29) is 0 Å². The normalized spacial score (nSPS) is 15.7. The molecule has 0 aliphatic rings. The van der Waals surface area contributed by atoms with Crippen LogP contribution in [0.2, 0.25) is 0 Å². The largest absolute Gasteiger partial charge is 0.616 e.